The topological polar surface area (TPSA) is 78.9 Å². The number of unbranched alkanes of at least 4 members (excludes halogenated alkanes) is 20. The highest BCUT2D eigenvalue weighted by atomic mass is 16.6. The molecule has 0 saturated carbocycles. The zero-order valence-corrected chi connectivity index (χ0v) is 45.9. The Kier molecular flexibility index (Phi) is 54.9. The van der Waals surface area contributed by atoms with Gasteiger partial charge in [0.05, 0.1) is 0 Å². The van der Waals surface area contributed by atoms with Gasteiger partial charge in [-0.15, -0.1) is 0 Å². The third-order valence-corrected chi connectivity index (χ3v) is 11.9. The highest BCUT2D eigenvalue weighted by molar-refractivity contribution is 5.71. The van der Waals surface area contributed by atoms with Gasteiger partial charge in [-0.2, -0.15) is 0 Å². The molecule has 0 fully saturated rings. The summed E-state index contributed by atoms with van der Waals surface area (Å²) in [5.41, 5.74) is 0. The van der Waals surface area contributed by atoms with Gasteiger partial charge in [0.15, 0.2) is 6.10 Å². The summed E-state index contributed by atoms with van der Waals surface area (Å²) in [6.07, 6.45) is 80.4. The summed E-state index contributed by atoms with van der Waals surface area (Å²) in [6, 6.07) is 0. The van der Waals surface area contributed by atoms with Gasteiger partial charge in [0.25, 0.3) is 0 Å². The molecule has 0 aliphatic carbocycles. The predicted molar refractivity (Wildman–Crippen MR) is 306 cm³/mol. The molecule has 0 amide bonds. The van der Waals surface area contributed by atoms with Crippen LogP contribution in [0.1, 0.15) is 252 Å². The molecule has 0 unspecified atom stereocenters. The Bertz CT molecular complexity index is 1500. The van der Waals surface area contributed by atoms with Gasteiger partial charge in [-0.3, -0.25) is 14.4 Å². The Morgan fingerprint density at radius 2 is 0.549 bits per heavy atom. The highest BCUT2D eigenvalue weighted by Gasteiger charge is 2.19. The fourth-order valence-electron chi connectivity index (χ4n) is 7.56. The summed E-state index contributed by atoms with van der Waals surface area (Å²) in [7, 11) is 0. The first-order valence-corrected chi connectivity index (χ1v) is 29.0. The van der Waals surface area contributed by atoms with Crippen LogP contribution in [0.4, 0.5) is 0 Å². The molecule has 0 rings (SSSR count). The third-order valence-electron chi connectivity index (χ3n) is 11.9. The number of hydrogen-bond donors (Lipinski definition) is 0. The third kappa shape index (κ3) is 56.6. The molecule has 0 spiro atoms. The number of carbonyl (C=O) groups excluding carboxylic acids is 3. The van der Waals surface area contributed by atoms with Crippen LogP contribution in [-0.2, 0) is 28.6 Å². The predicted octanol–water partition coefficient (Wildman–Crippen LogP) is 19.6. The van der Waals surface area contributed by atoms with Crippen molar-refractivity contribution in [2.24, 2.45) is 0 Å². The lowest BCUT2D eigenvalue weighted by molar-refractivity contribution is -0.167. The van der Waals surface area contributed by atoms with Crippen LogP contribution in [0.3, 0.4) is 0 Å². The first kappa shape index (κ1) is 66.8. The molecule has 0 aromatic heterocycles. The van der Waals surface area contributed by atoms with Crippen molar-refractivity contribution in [3.63, 3.8) is 0 Å². The maximum Gasteiger partial charge on any atom is 0.306 e. The van der Waals surface area contributed by atoms with Gasteiger partial charge in [-0.25, -0.2) is 0 Å². The molecular formula is C65H106O6. The molecule has 1 atom stereocenters. The second kappa shape index (κ2) is 58.4. The molecule has 0 heterocycles. The Labute approximate surface area is 437 Å². The average molecular weight is 984 g/mol. The van der Waals surface area contributed by atoms with Gasteiger partial charge in [-0.05, 0) is 135 Å². The molecule has 0 saturated heterocycles. The largest absolute Gasteiger partial charge is 0.462 e. The second-order valence-electron chi connectivity index (χ2n) is 18.8. The van der Waals surface area contributed by atoms with Crippen molar-refractivity contribution in [1.82, 2.24) is 0 Å². The zero-order chi connectivity index (χ0) is 51.4. The molecule has 0 aliphatic heterocycles. The Morgan fingerprint density at radius 1 is 0.296 bits per heavy atom. The van der Waals surface area contributed by atoms with E-state index in [-0.39, 0.29) is 37.5 Å². The summed E-state index contributed by atoms with van der Waals surface area (Å²) in [4.78, 5) is 38.2. The van der Waals surface area contributed by atoms with E-state index in [1.807, 2.05) is 0 Å². The van der Waals surface area contributed by atoms with E-state index in [4.69, 9.17) is 14.2 Å². The number of carbonyl (C=O) groups is 3. The summed E-state index contributed by atoms with van der Waals surface area (Å²) in [5.74, 6) is -0.986. The smallest absolute Gasteiger partial charge is 0.306 e. The SMILES string of the molecule is CC/C=C\C/C=C\C/C=C\C/C=C\C/C=C\CCCCCC(=O)O[C@@H](COC(=O)CCCC/C=C\C/C=C\C/C=C\CCCCC)COC(=O)CCCCCCCCCCC/C=C\C/C=C\CCCCC. The molecule has 0 radical (unpaired) electrons. The number of rotatable bonds is 51. The fourth-order valence-corrected chi connectivity index (χ4v) is 7.56. The molecule has 6 heteroatoms. The fraction of sp³-hybridized carbons (Fsp3) is 0.646. The molecular weight excluding hydrogens is 877 g/mol. The Balaban J connectivity index is 4.52. The normalized spacial score (nSPS) is 13.0. The van der Waals surface area contributed by atoms with Crippen molar-refractivity contribution in [1.29, 1.82) is 0 Å². The summed E-state index contributed by atoms with van der Waals surface area (Å²) in [5, 5.41) is 0. The van der Waals surface area contributed by atoms with Crippen molar-refractivity contribution in [2.45, 2.75) is 258 Å². The molecule has 402 valence electrons. The molecule has 6 nitrogen and oxygen atoms in total. The van der Waals surface area contributed by atoms with Crippen LogP contribution in [-0.4, -0.2) is 37.2 Å². The van der Waals surface area contributed by atoms with Crippen molar-refractivity contribution < 1.29 is 28.6 Å². The minimum atomic E-state index is -0.817. The quantitative estimate of drug-likeness (QED) is 0.0261. The average Bonchev–Trinajstić information content (AvgIpc) is 3.37. The van der Waals surface area contributed by atoms with Crippen molar-refractivity contribution in [3.8, 4) is 0 Å². The lowest BCUT2D eigenvalue weighted by Gasteiger charge is -2.18. The maximum absolute atomic E-state index is 12.9. The first-order chi connectivity index (χ1) is 35.0. The van der Waals surface area contributed by atoms with E-state index in [1.165, 1.54) is 96.3 Å². The lowest BCUT2D eigenvalue weighted by atomic mass is 10.1. The monoisotopic (exact) mass is 983 g/mol. The van der Waals surface area contributed by atoms with Crippen molar-refractivity contribution >= 4 is 17.9 Å². The zero-order valence-electron chi connectivity index (χ0n) is 45.9. The molecule has 0 N–H and O–H groups in total. The molecule has 0 bridgehead atoms. The van der Waals surface area contributed by atoms with Crippen molar-refractivity contribution in [3.05, 3.63) is 122 Å². The summed E-state index contributed by atoms with van der Waals surface area (Å²) >= 11 is 0. The Hall–Kier alpha value is -4.19. The minimum absolute atomic E-state index is 0.109. The number of hydrogen-bond acceptors (Lipinski definition) is 6. The van der Waals surface area contributed by atoms with Crippen LogP contribution < -0.4 is 0 Å². The second-order valence-corrected chi connectivity index (χ2v) is 18.8. The van der Waals surface area contributed by atoms with Crippen LogP contribution in [0.25, 0.3) is 0 Å². The Morgan fingerprint density at radius 3 is 0.901 bits per heavy atom. The number of allylic oxidation sites excluding steroid dienone is 20. The van der Waals surface area contributed by atoms with Crippen LogP contribution in [0.15, 0.2) is 122 Å². The van der Waals surface area contributed by atoms with Gasteiger partial charge in [0, 0.05) is 19.3 Å². The van der Waals surface area contributed by atoms with Crippen LogP contribution >= 0.6 is 0 Å². The molecule has 0 aromatic carbocycles. The lowest BCUT2D eigenvalue weighted by Crippen LogP contribution is -2.30. The van der Waals surface area contributed by atoms with Crippen LogP contribution in [0.2, 0.25) is 0 Å². The number of esters is 3. The van der Waals surface area contributed by atoms with E-state index < -0.39 is 6.10 Å². The van der Waals surface area contributed by atoms with Gasteiger partial charge in [-0.1, -0.05) is 219 Å². The number of ether oxygens (including phenoxy) is 3. The molecule has 71 heavy (non-hydrogen) atoms. The van der Waals surface area contributed by atoms with E-state index >= 15 is 0 Å². The van der Waals surface area contributed by atoms with E-state index in [2.05, 4.69) is 142 Å². The molecule has 0 aliphatic rings. The van der Waals surface area contributed by atoms with Crippen LogP contribution in [0, 0.1) is 0 Å². The van der Waals surface area contributed by atoms with Gasteiger partial charge < -0.3 is 14.2 Å². The summed E-state index contributed by atoms with van der Waals surface area (Å²) < 4.78 is 16.8. The standard InChI is InChI=1S/C65H106O6/c1-4-7-10-13-16-19-22-25-28-30-32-34-37-40-43-46-49-52-55-58-64(67)70-61-62(60-69-63(66)57-54-51-48-45-42-39-36-27-24-21-18-15-12-9-6-3)71-65(68)59-56-53-50-47-44-41-38-35-33-31-29-26-23-20-17-14-11-8-5-2/h8,11,16-21,25-29,33,35-36,41-42,44-45,62H,4-7,9-10,12-15,22-24,30-32,34,37-40,43,46-61H2,1-3H3/b11-8-,19-16-,20-17-,21-18-,28-25-,29-26-,35-33-,36-27-,44-41-,45-42-/t62-/m0/s1. The molecule has 0 aromatic rings. The van der Waals surface area contributed by atoms with E-state index in [1.54, 1.807) is 0 Å². The maximum atomic E-state index is 12.9. The van der Waals surface area contributed by atoms with Gasteiger partial charge >= 0.3 is 17.9 Å². The van der Waals surface area contributed by atoms with E-state index in [0.717, 1.165) is 109 Å². The first-order valence-electron chi connectivity index (χ1n) is 29.0. The van der Waals surface area contributed by atoms with Crippen LogP contribution in [0.5, 0.6) is 0 Å². The minimum Gasteiger partial charge on any atom is -0.462 e. The van der Waals surface area contributed by atoms with Gasteiger partial charge in [0.1, 0.15) is 13.2 Å². The van der Waals surface area contributed by atoms with Crippen molar-refractivity contribution in [2.75, 3.05) is 13.2 Å². The summed E-state index contributed by atoms with van der Waals surface area (Å²) in [6.45, 7) is 6.41. The van der Waals surface area contributed by atoms with E-state index in [9.17, 15) is 14.4 Å². The van der Waals surface area contributed by atoms with Gasteiger partial charge in [0.2, 0.25) is 0 Å². The van der Waals surface area contributed by atoms with E-state index in [0.29, 0.717) is 19.3 Å². The highest BCUT2D eigenvalue weighted by Crippen LogP contribution is 2.14.